The van der Waals surface area contributed by atoms with Crippen molar-refractivity contribution < 1.29 is 23.1 Å². The summed E-state index contributed by atoms with van der Waals surface area (Å²) in [6.07, 6.45) is 0.375. The molecular weight excluding hydrogens is 258 g/mol. The fraction of sp³-hybridized carbons (Fsp3) is 0.909. The van der Waals surface area contributed by atoms with Crippen LogP contribution >= 0.6 is 0 Å². The lowest BCUT2D eigenvalue weighted by Gasteiger charge is -2.33. The third kappa shape index (κ3) is 4.55. The van der Waals surface area contributed by atoms with Crippen LogP contribution in [0.3, 0.4) is 0 Å². The maximum absolute atomic E-state index is 12.2. The Hall–Kier alpha value is -0.660. The number of aliphatic carboxylic acids is 1. The molecule has 1 aliphatic rings. The normalized spacial score (nSPS) is 22.3. The third-order valence-corrected chi connectivity index (χ3v) is 4.84. The number of hydrogen-bond acceptors (Lipinski definition) is 4. The number of nitrogens with zero attached hydrogens (tertiary/aromatic N) is 1. The van der Waals surface area contributed by atoms with Gasteiger partial charge in [-0.05, 0) is 12.3 Å². The average Bonchev–Trinajstić information content (AvgIpc) is 2.26. The number of ether oxygens (including phenoxy) is 1. The van der Waals surface area contributed by atoms with E-state index in [-0.39, 0.29) is 25.3 Å². The molecule has 1 aliphatic heterocycles. The van der Waals surface area contributed by atoms with Gasteiger partial charge in [-0.25, -0.2) is 8.42 Å². The second-order valence-corrected chi connectivity index (χ2v) is 6.98. The zero-order valence-electron chi connectivity index (χ0n) is 10.8. The van der Waals surface area contributed by atoms with E-state index in [1.54, 1.807) is 0 Å². The highest BCUT2D eigenvalue weighted by molar-refractivity contribution is 7.89. The summed E-state index contributed by atoms with van der Waals surface area (Å²) < 4.78 is 30.8. The zero-order chi connectivity index (χ0) is 13.8. The predicted octanol–water partition coefficient (Wildman–Crippen LogP) is 0.538. The minimum atomic E-state index is -3.38. The van der Waals surface area contributed by atoms with E-state index >= 15 is 0 Å². The van der Waals surface area contributed by atoms with Crippen LogP contribution < -0.4 is 0 Å². The number of morpholine rings is 1. The molecule has 0 aromatic carbocycles. The number of sulfonamides is 1. The average molecular weight is 279 g/mol. The van der Waals surface area contributed by atoms with Crippen molar-refractivity contribution in [3.8, 4) is 0 Å². The van der Waals surface area contributed by atoms with Crippen LogP contribution in [0.1, 0.15) is 26.7 Å². The van der Waals surface area contributed by atoms with E-state index in [0.717, 1.165) is 0 Å². The van der Waals surface area contributed by atoms with Crippen LogP contribution in [0.25, 0.3) is 0 Å². The Kier molecular flexibility index (Phi) is 5.55. The lowest BCUT2D eigenvalue weighted by molar-refractivity contribution is -0.139. The van der Waals surface area contributed by atoms with Crippen LogP contribution in [0.5, 0.6) is 0 Å². The molecule has 0 radical (unpaired) electrons. The minimum Gasteiger partial charge on any atom is -0.481 e. The second-order valence-electron chi connectivity index (χ2n) is 4.94. The summed E-state index contributed by atoms with van der Waals surface area (Å²) >= 11 is 0. The van der Waals surface area contributed by atoms with Gasteiger partial charge in [-0.3, -0.25) is 4.79 Å². The number of hydrogen-bond donors (Lipinski definition) is 1. The van der Waals surface area contributed by atoms with Gasteiger partial charge in [0.05, 0.1) is 31.4 Å². The maximum atomic E-state index is 12.2. The first kappa shape index (κ1) is 15.4. The molecule has 6 nitrogen and oxygen atoms in total. The molecule has 7 heteroatoms. The molecule has 0 bridgehead atoms. The van der Waals surface area contributed by atoms with Gasteiger partial charge in [0.2, 0.25) is 10.0 Å². The van der Waals surface area contributed by atoms with Gasteiger partial charge in [-0.15, -0.1) is 0 Å². The molecule has 0 amide bonds. The lowest BCUT2D eigenvalue weighted by Crippen LogP contribution is -2.50. The molecule has 1 heterocycles. The van der Waals surface area contributed by atoms with Crippen LogP contribution in [0.2, 0.25) is 0 Å². The summed E-state index contributed by atoms with van der Waals surface area (Å²) in [7, 11) is -3.38. The molecule has 0 saturated carbocycles. The van der Waals surface area contributed by atoms with Crippen molar-refractivity contribution in [2.75, 3.05) is 25.5 Å². The highest BCUT2D eigenvalue weighted by Crippen LogP contribution is 2.17. The molecule has 1 saturated heterocycles. The standard InChI is InChI=1S/C11H21NO5S/c1-9(2)3-6-18(15,16)12-4-5-17-8-10(12)7-11(13)14/h9-10H,3-8H2,1-2H3,(H,13,14). The van der Waals surface area contributed by atoms with Crippen LogP contribution in [0, 0.1) is 5.92 Å². The number of carboxylic acid groups (broad SMARTS) is 1. The molecule has 18 heavy (non-hydrogen) atoms. The summed E-state index contributed by atoms with van der Waals surface area (Å²) in [6, 6.07) is -0.576. The molecule has 1 rings (SSSR count). The highest BCUT2D eigenvalue weighted by atomic mass is 32.2. The van der Waals surface area contributed by atoms with Crippen molar-refractivity contribution in [1.82, 2.24) is 4.31 Å². The van der Waals surface area contributed by atoms with Crippen molar-refractivity contribution in [3.05, 3.63) is 0 Å². The number of rotatable bonds is 6. The van der Waals surface area contributed by atoms with Crippen LogP contribution in [0.15, 0.2) is 0 Å². The van der Waals surface area contributed by atoms with Gasteiger partial charge in [-0.2, -0.15) is 4.31 Å². The Morgan fingerprint density at radius 2 is 2.17 bits per heavy atom. The fourth-order valence-electron chi connectivity index (χ4n) is 1.87. The topological polar surface area (TPSA) is 83.9 Å². The fourth-order valence-corrected chi connectivity index (χ4v) is 3.82. The second kappa shape index (κ2) is 6.49. The first-order chi connectivity index (χ1) is 8.33. The molecule has 0 aromatic heterocycles. The Morgan fingerprint density at radius 1 is 1.50 bits per heavy atom. The highest BCUT2D eigenvalue weighted by Gasteiger charge is 2.33. The van der Waals surface area contributed by atoms with E-state index in [2.05, 4.69) is 0 Å². The van der Waals surface area contributed by atoms with E-state index in [1.807, 2.05) is 13.8 Å². The third-order valence-electron chi connectivity index (χ3n) is 2.89. The Bertz CT molecular complexity index is 379. The zero-order valence-corrected chi connectivity index (χ0v) is 11.6. The summed E-state index contributed by atoms with van der Waals surface area (Å²) in [6.45, 7) is 4.66. The summed E-state index contributed by atoms with van der Waals surface area (Å²) in [5.41, 5.74) is 0. The Balaban J connectivity index is 2.72. The van der Waals surface area contributed by atoms with Gasteiger partial charge in [-0.1, -0.05) is 13.8 Å². The van der Waals surface area contributed by atoms with Crippen LogP contribution in [0.4, 0.5) is 0 Å². The van der Waals surface area contributed by atoms with E-state index in [0.29, 0.717) is 18.9 Å². The molecule has 0 aliphatic carbocycles. The van der Waals surface area contributed by atoms with Crippen molar-refractivity contribution in [3.63, 3.8) is 0 Å². The van der Waals surface area contributed by atoms with E-state index in [4.69, 9.17) is 9.84 Å². The molecule has 1 N–H and O–H groups in total. The summed E-state index contributed by atoms with van der Waals surface area (Å²) in [5, 5.41) is 8.79. The van der Waals surface area contributed by atoms with Gasteiger partial charge in [0.25, 0.3) is 0 Å². The van der Waals surface area contributed by atoms with Gasteiger partial charge in [0.15, 0.2) is 0 Å². The molecule has 1 fully saturated rings. The van der Waals surface area contributed by atoms with E-state index < -0.39 is 22.0 Å². The van der Waals surface area contributed by atoms with Gasteiger partial charge in [0, 0.05) is 6.54 Å². The van der Waals surface area contributed by atoms with Gasteiger partial charge >= 0.3 is 5.97 Å². The van der Waals surface area contributed by atoms with Crippen molar-refractivity contribution in [1.29, 1.82) is 0 Å². The van der Waals surface area contributed by atoms with Gasteiger partial charge in [0.1, 0.15) is 0 Å². The molecule has 0 aromatic rings. The predicted molar refractivity (Wildman–Crippen MR) is 66.8 cm³/mol. The minimum absolute atomic E-state index is 0.0702. The van der Waals surface area contributed by atoms with E-state index in [1.165, 1.54) is 4.31 Å². The molecule has 1 unspecified atom stereocenters. The van der Waals surface area contributed by atoms with Crippen molar-refractivity contribution in [2.24, 2.45) is 5.92 Å². The van der Waals surface area contributed by atoms with Crippen molar-refractivity contribution >= 4 is 16.0 Å². The Labute approximate surface area is 108 Å². The quantitative estimate of drug-likeness (QED) is 0.767. The first-order valence-electron chi connectivity index (χ1n) is 6.12. The largest absolute Gasteiger partial charge is 0.481 e. The lowest BCUT2D eigenvalue weighted by atomic mass is 10.2. The monoisotopic (exact) mass is 279 g/mol. The SMILES string of the molecule is CC(C)CCS(=O)(=O)N1CCOCC1CC(=O)O. The molecule has 106 valence electrons. The molecular formula is C11H21NO5S. The van der Waals surface area contributed by atoms with Crippen molar-refractivity contribution in [2.45, 2.75) is 32.7 Å². The molecule has 1 atom stereocenters. The number of carboxylic acids is 1. The smallest absolute Gasteiger partial charge is 0.305 e. The number of carbonyl (C=O) groups is 1. The molecule has 0 spiro atoms. The van der Waals surface area contributed by atoms with E-state index in [9.17, 15) is 13.2 Å². The maximum Gasteiger partial charge on any atom is 0.305 e. The summed E-state index contributed by atoms with van der Waals surface area (Å²) in [5.74, 6) is -0.630. The van der Waals surface area contributed by atoms with Crippen LogP contribution in [-0.2, 0) is 19.6 Å². The van der Waals surface area contributed by atoms with Gasteiger partial charge < -0.3 is 9.84 Å². The summed E-state index contributed by atoms with van der Waals surface area (Å²) in [4.78, 5) is 10.7. The van der Waals surface area contributed by atoms with Crippen LogP contribution in [-0.4, -0.2) is 55.4 Å². The first-order valence-corrected chi connectivity index (χ1v) is 7.73. The Morgan fingerprint density at radius 3 is 2.72 bits per heavy atom.